The Morgan fingerprint density at radius 1 is 1.31 bits per heavy atom. The maximum absolute atomic E-state index is 10.6. The quantitative estimate of drug-likeness (QED) is 0.341. The number of hydrogen-bond acceptors (Lipinski definition) is 7. The minimum absolute atomic E-state index is 0.0224. The van der Waals surface area contributed by atoms with E-state index in [1.807, 2.05) is 0 Å². The Morgan fingerprint density at radius 3 is 2.62 bits per heavy atom. The molecule has 7 nitrogen and oxygen atoms in total. The molecule has 0 fully saturated rings. The fourth-order valence-electron chi connectivity index (χ4n) is 0.989. The minimum atomic E-state index is -0.650. The van der Waals surface area contributed by atoms with Crippen LogP contribution in [-0.2, 0) is 16.2 Å². The number of nitrogens with one attached hydrogen (secondary N) is 1. The molecule has 16 heavy (non-hydrogen) atoms. The Bertz CT molecular complexity index is 394. The molecular weight excluding hydrogens is 216 g/mol. The van der Waals surface area contributed by atoms with E-state index in [4.69, 9.17) is 10.8 Å². The van der Waals surface area contributed by atoms with Crippen LogP contribution >= 0.6 is 0 Å². The number of phenols is 3. The highest BCUT2D eigenvalue weighted by atomic mass is 16.7. The van der Waals surface area contributed by atoms with Crippen LogP contribution in [0.15, 0.2) is 12.1 Å². The average molecular weight is 228 g/mol. The summed E-state index contributed by atoms with van der Waals surface area (Å²) in [5, 5.41) is 27.6. The monoisotopic (exact) mass is 228 g/mol. The van der Waals surface area contributed by atoms with E-state index in [0.717, 1.165) is 0 Å². The van der Waals surface area contributed by atoms with Gasteiger partial charge in [0.2, 0.25) is 5.75 Å². The van der Waals surface area contributed by atoms with Crippen LogP contribution in [0.5, 0.6) is 17.2 Å². The summed E-state index contributed by atoms with van der Waals surface area (Å²) in [5.41, 5.74) is 7.51. The molecule has 0 atom stereocenters. The Morgan fingerprint density at radius 2 is 2.00 bits per heavy atom. The maximum Gasteiger partial charge on any atom is 0.338 e. The van der Waals surface area contributed by atoms with Crippen molar-refractivity contribution in [2.45, 2.75) is 6.54 Å². The van der Waals surface area contributed by atoms with Crippen molar-refractivity contribution < 1.29 is 25.0 Å². The molecular formula is C9H12N2O5. The van der Waals surface area contributed by atoms with Crippen molar-refractivity contribution >= 4 is 5.97 Å². The largest absolute Gasteiger partial charge is 0.504 e. The van der Waals surface area contributed by atoms with Crippen LogP contribution in [0.4, 0.5) is 0 Å². The maximum atomic E-state index is 10.6. The number of hydroxylamine groups is 1. The van der Waals surface area contributed by atoms with Gasteiger partial charge in [-0.2, -0.15) is 0 Å². The van der Waals surface area contributed by atoms with E-state index in [1.54, 1.807) is 0 Å². The second kappa shape index (κ2) is 5.19. The molecule has 6 N–H and O–H groups in total. The molecule has 0 saturated carbocycles. The third kappa shape index (κ3) is 2.75. The molecule has 0 aromatic heterocycles. The summed E-state index contributed by atoms with van der Waals surface area (Å²) in [6, 6.07) is 2.57. The highest BCUT2D eigenvalue weighted by molar-refractivity contribution is 5.70. The van der Waals surface area contributed by atoms with Crippen LogP contribution in [0.3, 0.4) is 0 Å². The number of rotatable bonds is 4. The normalized spacial score (nSPS) is 10.1. The summed E-state index contributed by atoms with van der Waals surface area (Å²) in [4.78, 5) is 15.1. The first-order chi connectivity index (χ1) is 7.56. The summed E-state index contributed by atoms with van der Waals surface area (Å²) >= 11 is 0. The summed E-state index contributed by atoms with van der Waals surface area (Å²) in [5.74, 6) is -2.18. The van der Waals surface area contributed by atoms with Gasteiger partial charge >= 0.3 is 5.97 Å². The predicted molar refractivity (Wildman–Crippen MR) is 53.4 cm³/mol. The molecule has 1 aromatic rings. The number of aromatic hydroxyl groups is 3. The molecule has 0 aliphatic rings. The zero-order valence-corrected chi connectivity index (χ0v) is 8.30. The summed E-state index contributed by atoms with van der Waals surface area (Å²) < 4.78 is 0. The molecule has 0 amide bonds. The van der Waals surface area contributed by atoms with Gasteiger partial charge in [-0.15, -0.1) is 5.48 Å². The van der Waals surface area contributed by atoms with Crippen molar-refractivity contribution in [1.82, 2.24) is 5.48 Å². The van der Waals surface area contributed by atoms with E-state index in [1.165, 1.54) is 12.1 Å². The lowest BCUT2D eigenvalue weighted by atomic mass is 10.2. The number of hydrogen-bond donors (Lipinski definition) is 5. The molecule has 0 aliphatic carbocycles. The molecule has 0 radical (unpaired) electrons. The number of nitrogens with two attached hydrogens (primary N) is 1. The first-order valence-electron chi connectivity index (χ1n) is 4.41. The van der Waals surface area contributed by atoms with E-state index in [9.17, 15) is 15.0 Å². The van der Waals surface area contributed by atoms with Gasteiger partial charge in [-0.1, -0.05) is 0 Å². The molecule has 0 aliphatic heterocycles. The van der Waals surface area contributed by atoms with Gasteiger partial charge in [-0.05, 0) is 12.1 Å². The van der Waals surface area contributed by atoms with E-state index in [-0.39, 0.29) is 18.7 Å². The Hall–Kier alpha value is -1.99. The zero-order chi connectivity index (χ0) is 12.1. The van der Waals surface area contributed by atoms with Crippen molar-refractivity contribution in [2.24, 2.45) is 5.73 Å². The van der Waals surface area contributed by atoms with E-state index in [2.05, 4.69) is 10.3 Å². The van der Waals surface area contributed by atoms with Crippen molar-refractivity contribution in [3.63, 3.8) is 0 Å². The van der Waals surface area contributed by atoms with Crippen molar-refractivity contribution in [3.8, 4) is 17.2 Å². The lowest BCUT2D eigenvalue weighted by Crippen LogP contribution is -2.25. The lowest BCUT2D eigenvalue weighted by Gasteiger charge is -2.08. The van der Waals surface area contributed by atoms with E-state index in [0.29, 0.717) is 0 Å². The number of benzene rings is 1. The Labute approximate surface area is 91.0 Å². The van der Waals surface area contributed by atoms with Crippen LogP contribution in [0.2, 0.25) is 0 Å². The standard InChI is InChI=1S/C9H12N2O5/c10-3-7(13)16-11-4-5-1-2-6(12)9(15)8(5)14/h1-2,11-12,14-15H,3-4,10H2. The summed E-state index contributed by atoms with van der Waals surface area (Å²) in [6.07, 6.45) is 0. The molecule has 0 heterocycles. The van der Waals surface area contributed by atoms with E-state index < -0.39 is 23.2 Å². The molecule has 0 unspecified atom stereocenters. The van der Waals surface area contributed by atoms with Gasteiger partial charge < -0.3 is 25.9 Å². The second-order valence-corrected chi connectivity index (χ2v) is 2.94. The van der Waals surface area contributed by atoms with Crippen LogP contribution in [-0.4, -0.2) is 27.8 Å². The Kier molecular flexibility index (Phi) is 3.92. The van der Waals surface area contributed by atoms with Gasteiger partial charge in [0.1, 0.15) is 0 Å². The van der Waals surface area contributed by atoms with E-state index >= 15 is 0 Å². The minimum Gasteiger partial charge on any atom is -0.504 e. The van der Waals surface area contributed by atoms with Gasteiger partial charge in [-0.25, -0.2) is 4.79 Å². The first kappa shape index (κ1) is 12.1. The van der Waals surface area contributed by atoms with Gasteiger partial charge in [0.05, 0.1) is 13.1 Å². The summed E-state index contributed by atoms with van der Waals surface area (Å²) in [7, 11) is 0. The number of phenolic OH excluding ortho intramolecular Hbond substituents is 3. The molecule has 7 heteroatoms. The van der Waals surface area contributed by atoms with Crippen molar-refractivity contribution in [1.29, 1.82) is 0 Å². The molecule has 88 valence electrons. The molecule has 1 rings (SSSR count). The van der Waals surface area contributed by atoms with Crippen LogP contribution in [0.25, 0.3) is 0 Å². The van der Waals surface area contributed by atoms with Gasteiger partial charge in [0.15, 0.2) is 11.5 Å². The Balaban J connectivity index is 2.61. The van der Waals surface area contributed by atoms with Gasteiger partial charge in [0, 0.05) is 5.56 Å². The van der Waals surface area contributed by atoms with Crippen LogP contribution in [0, 0.1) is 0 Å². The number of carbonyl (C=O) groups excluding carboxylic acids is 1. The van der Waals surface area contributed by atoms with Crippen molar-refractivity contribution in [3.05, 3.63) is 17.7 Å². The van der Waals surface area contributed by atoms with Crippen LogP contribution in [0.1, 0.15) is 5.56 Å². The van der Waals surface area contributed by atoms with Crippen LogP contribution < -0.4 is 11.2 Å². The molecule has 0 bridgehead atoms. The second-order valence-electron chi connectivity index (χ2n) is 2.94. The highest BCUT2D eigenvalue weighted by Crippen LogP contribution is 2.36. The smallest absolute Gasteiger partial charge is 0.338 e. The fourth-order valence-corrected chi connectivity index (χ4v) is 0.989. The molecule has 1 aromatic carbocycles. The van der Waals surface area contributed by atoms with Gasteiger partial charge in [0.25, 0.3) is 0 Å². The third-order valence-corrected chi connectivity index (χ3v) is 1.83. The average Bonchev–Trinajstić information content (AvgIpc) is 2.29. The highest BCUT2D eigenvalue weighted by Gasteiger charge is 2.11. The molecule has 0 saturated heterocycles. The first-order valence-corrected chi connectivity index (χ1v) is 4.41. The number of carbonyl (C=O) groups is 1. The lowest BCUT2D eigenvalue weighted by molar-refractivity contribution is -0.149. The third-order valence-electron chi connectivity index (χ3n) is 1.83. The topological polar surface area (TPSA) is 125 Å². The molecule has 0 spiro atoms. The predicted octanol–water partition coefficient (Wildman–Crippen LogP) is -0.690. The SMILES string of the molecule is NCC(=O)ONCc1ccc(O)c(O)c1O. The van der Waals surface area contributed by atoms with Gasteiger partial charge in [-0.3, -0.25) is 0 Å². The van der Waals surface area contributed by atoms with Crippen molar-refractivity contribution in [2.75, 3.05) is 6.54 Å². The fraction of sp³-hybridized carbons (Fsp3) is 0.222. The summed E-state index contributed by atoms with van der Waals surface area (Å²) in [6.45, 7) is -0.286. The zero-order valence-electron chi connectivity index (χ0n) is 8.30.